The maximum Gasteiger partial charge on any atom is 0.268 e. The Morgan fingerprint density at radius 2 is 2.21 bits per heavy atom. The molecule has 0 fully saturated rings. The first-order valence-electron chi connectivity index (χ1n) is 6.66. The van der Waals surface area contributed by atoms with Gasteiger partial charge in [-0.05, 0) is 17.5 Å². The molecule has 126 valence electrons. The van der Waals surface area contributed by atoms with E-state index in [9.17, 15) is 13.2 Å². The van der Waals surface area contributed by atoms with Gasteiger partial charge in [0.25, 0.3) is 11.8 Å². The van der Waals surface area contributed by atoms with Crippen molar-refractivity contribution in [1.29, 1.82) is 0 Å². The number of carbonyl (C=O) groups excluding carboxylic acids is 1. The van der Waals surface area contributed by atoms with Gasteiger partial charge in [-0.15, -0.1) is 22.7 Å². The Kier molecular flexibility index (Phi) is 4.76. The van der Waals surface area contributed by atoms with Gasteiger partial charge in [-0.25, -0.2) is 13.1 Å². The molecule has 0 aliphatic carbocycles. The van der Waals surface area contributed by atoms with Crippen LogP contribution < -0.4 is 10.0 Å². The van der Waals surface area contributed by atoms with Crippen LogP contribution in [0.1, 0.15) is 15.5 Å². The number of hydrogen-bond acceptors (Lipinski definition) is 8. The Balaban J connectivity index is 1.69. The number of amides is 1. The highest BCUT2D eigenvalue weighted by Gasteiger charge is 2.19. The average molecular weight is 384 g/mol. The lowest BCUT2D eigenvalue weighted by atomic mass is 10.4. The SMILES string of the molecule is CNC(=O)c1cc(S(=O)(=O)NCc2noc(-c3cccs3)n2)cs1. The molecular weight excluding hydrogens is 372 g/mol. The van der Waals surface area contributed by atoms with Gasteiger partial charge in [-0.1, -0.05) is 11.2 Å². The van der Waals surface area contributed by atoms with E-state index in [2.05, 4.69) is 20.2 Å². The van der Waals surface area contributed by atoms with Crippen molar-refractivity contribution in [1.82, 2.24) is 20.2 Å². The fraction of sp³-hybridized carbons (Fsp3) is 0.154. The van der Waals surface area contributed by atoms with E-state index >= 15 is 0 Å². The Hall–Kier alpha value is -2.08. The van der Waals surface area contributed by atoms with Crippen molar-refractivity contribution in [2.75, 3.05) is 7.05 Å². The first-order chi connectivity index (χ1) is 11.5. The summed E-state index contributed by atoms with van der Waals surface area (Å²) in [5, 5.41) is 9.47. The van der Waals surface area contributed by atoms with Gasteiger partial charge in [0, 0.05) is 12.4 Å². The van der Waals surface area contributed by atoms with E-state index in [1.807, 2.05) is 17.5 Å². The van der Waals surface area contributed by atoms with Crippen molar-refractivity contribution in [3.05, 3.63) is 39.7 Å². The molecule has 0 saturated heterocycles. The summed E-state index contributed by atoms with van der Waals surface area (Å²) in [7, 11) is -2.28. The summed E-state index contributed by atoms with van der Waals surface area (Å²) in [6.07, 6.45) is 0. The number of nitrogens with one attached hydrogen (secondary N) is 2. The molecular formula is C13H12N4O4S3. The monoisotopic (exact) mass is 384 g/mol. The van der Waals surface area contributed by atoms with Gasteiger partial charge in [0.1, 0.15) is 0 Å². The summed E-state index contributed by atoms with van der Waals surface area (Å²) in [5.74, 6) is 0.237. The van der Waals surface area contributed by atoms with Gasteiger partial charge >= 0.3 is 0 Å². The average Bonchev–Trinajstić information content (AvgIpc) is 3.32. The lowest BCUT2D eigenvalue weighted by molar-refractivity contribution is 0.0967. The lowest BCUT2D eigenvalue weighted by Gasteiger charge is -2.01. The zero-order chi connectivity index (χ0) is 17.2. The van der Waals surface area contributed by atoms with Crippen molar-refractivity contribution in [2.45, 2.75) is 11.4 Å². The van der Waals surface area contributed by atoms with Crippen LogP contribution >= 0.6 is 22.7 Å². The van der Waals surface area contributed by atoms with E-state index in [4.69, 9.17) is 4.52 Å². The largest absolute Gasteiger partial charge is 0.354 e. The molecule has 0 unspecified atom stereocenters. The van der Waals surface area contributed by atoms with Gasteiger partial charge in [0.15, 0.2) is 5.82 Å². The van der Waals surface area contributed by atoms with Crippen LogP contribution in [0, 0.1) is 0 Å². The highest BCUT2D eigenvalue weighted by molar-refractivity contribution is 7.89. The van der Waals surface area contributed by atoms with Crippen LogP contribution in [0.25, 0.3) is 10.8 Å². The van der Waals surface area contributed by atoms with Gasteiger partial charge in [0.05, 0.1) is 21.2 Å². The molecule has 0 aliphatic rings. The van der Waals surface area contributed by atoms with Gasteiger partial charge in [0.2, 0.25) is 10.0 Å². The summed E-state index contributed by atoms with van der Waals surface area (Å²) in [5.41, 5.74) is 0. The third-order valence-corrected chi connectivity index (χ3v) is 6.27. The smallest absolute Gasteiger partial charge is 0.268 e. The van der Waals surface area contributed by atoms with Crippen LogP contribution in [-0.2, 0) is 16.6 Å². The zero-order valence-electron chi connectivity index (χ0n) is 12.3. The summed E-state index contributed by atoms with van der Waals surface area (Å²) < 4.78 is 32.0. The molecule has 24 heavy (non-hydrogen) atoms. The summed E-state index contributed by atoms with van der Waals surface area (Å²) in [6, 6.07) is 5.00. The highest BCUT2D eigenvalue weighted by atomic mass is 32.2. The minimum atomic E-state index is -3.76. The molecule has 0 aliphatic heterocycles. The maximum absolute atomic E-state index is 12.2. The van der Waals surface area contributed by atoms with Crippen molar-refractivity contribution in [2.24, 2.45) is 0 Å². The van der Waals surface area contributed by atoms with E-state index < -0.39 is 10.0 Å². The number of carbonyl (C=O) groups is 1. The van der Waals surface area contributed by atoms with Crippen LogP contribution in [0.15, 0.2) is 38.4 Å². The third kappa shape index (κ3) is 3.53. The number of thiophene rings is 2. The summed E-state index contributed by atoms with van der Waals surface area (Å²) in [6.45, 7) is -0.109. The number of aromatic nitrogens is 2. The number of rotatable bonds is 6. The predicted molar refractivity (Wildman–Crippen MR) is 89.3 cm³/mol. The molecule has 3 heterocycles. The Bertz CT molecular complexity index is 944. The summed E-state index contributed by atoms with van der Waals surface area (Å²) >= 11 is 2.50. The normalized spacial score (nSPS) is 11.5. The van der Waals surface area contributed by atoms with Crippen LogP contribution in [0.2, 0.25) is 0 Å². The molecule has 3 aromatic rings. The van der Waals surface area contributed by atoms with E-state index in [1.165, 1.54) is 29.8 Å². The lowest BCUT2D eigenvalue weighted by Crippen LogP contribution is -2.23. The maximum atomic E-state index is 12.2. The van der Waals surface area contributed by atoms with Gasteiger partial charge < -0.3 is 9.84 Å². The minimum Gasteiger partial charge on any atom is -0.354 e. The molecule has 0 radical (unpaired) electrons. The molecule has 0 spiro atoms. The minimum absolute atomic E-state index is 0.0214. The fourth-order valence-electron chi connectivity index (χ4n) is 1.77. The van der Waals surface area contributed by atoms with Gasteiger partial charge in [-0.3, -0.25) is 4.79 Å². The molecule has 0 atom stereocenters. The number of nitrogens with zero attached hydrogens (tertiary/aromatic N) is 2. The standard InChI is InChI=1S/C13H12N4O4S3/c1-14-12(18)10-5-8(7-23-10)24(19,20)15-6-11-16-13(21-17-11)9-3-2-4-22-9/h2-5,7,15H,6H2,1H3,(H,14,18). The second-order valence-corrected chi connectivity index (χ2v) is 8.17. The van der Waals surface area contributed by atoms with Gasteiger partial charge in [-0.2, -0.15) is 4.98 Å². The Morgan fingerprint density at radius 1 is 1.38 bits per heavy atom. The van der Waals surface area contributed by atoms with E-state index in [0.29, 0.717) is 10.8 Å². The first kappa shape index (κ1) is 16.8. The van der Waals surface area contributed by atoms with E-state index in [-0.39, 0.29) is 23.2 Å². The molecule has 0 aromatic carbocycles. The molecule has 2 N–H and O–H groups in total. The molecule has 0 saturated carbocycles. The highest BCUT2D eigenvalue weighted by Crippen LogP contribution is 2.23. The second kappa shape index (κ2) is 6.81. The molecule has 1 amide bonds. The predicted octanol–water partition coefficient (Wildman–Crippen LogP) is 1.70. The fourth-order valence-corrected chi connectivity index (χ4v) is 4.62. The summed E-state index contributed by atoms with van der Waals surface area (Å²) in [4.78, 5) is 16.8. The molecule has 11 heteroatoms. The number of hydrogen-bond donors (Lipinski definition) is 2. The van der Waals surface area contributed by atoms with Crippen LogP contribution in [0.4, 0.5) is 0 Å². The van der Waals surface area contributed by atoms with Crippen molar-refractivity contribution in [3.63, 3.8) is 0 Å². The number of sulfonamides is 1. The molecule has 3 aromatic heterocycles. The van der Waals surface area contributed by atoms with Crippen molar-refractivity contribution in [3.8, 4) is 10.8 Å². The van der Waals surface area contributed by atoms with Crippen LogP contribution in [0.5, 0.6) is 0 Å². The molecule has 3 rings (SSSR count). The second-order valence-electron chi connectivity index (χ2n) is 4.54. The quantitative estimate of drug-likeness (QED) is 0.668. The van der Waals surface area contributed by atoms with Crippen LogP contribution in [-0.4, -0.2) is 31.5 Å². The molecule has 0 bridgehead atoms. The first-order valence-corrected chi connectivity index (χ1v) is 9.90. The Labute approximate surface area is 145 Å². The van der Waals surface area contributed by atoms with Crippen molar-refractivity contribution < 1.29 is 17.7 Å². The third-order valence-electron chi connectivity index (χ3n) is 2.96. The zero-order valence-corrected chi connectivity index (χ0v) is 14.8. The van der Waals surface area contributed by atoms with E-state index in [1.54, 1.807) is 0 Å². The Morgan fingerprint density at radius 3 is 2.92 bits per heavy atom. The van der Waals surface area contributed by atoms with Crippen molar-refractivity contribution >= 4 is 38.6 Å². The van der Waals surface area contributed by atoms with E-state index in [0.717, 1.165) is 16.2 Å². The topological polar surface area (TPSA) is 114 Å². The van der Waals surface area contributed by atoms with Crippen LogP contribution in [0.3, 0.4) is 0 Å². The molecule has 8 nitrogen and oxygen atoms in total.